The van der Waals surface area contributed by atoms with Crippen molar-refractivity contribution in [1.29, 1.82) is 0 Å². The smallest absolute Gasteiger partial charge is 0.264 e. The maximum atomic E-state index is 14.6. The van der Waals surface area contributed by atoms with Crippen molar-refractivity contribution in [2.75, 3.05) is 10.8 Å². The van der Waals surface area contributed by atoms with Gasteiger partial charge in [0.1, 0.15) is 12.6 Å². The standard InChI is InChI=1S/C37H41N3O4S/c1-2-31-20-12-15-25-34(31)40(45(43,44)33-23-10-5-11-24-33)28-36(41)39(27-30-18-8-4-9-19-30)35(26-29-16-6-3-7-17-29)37(42)38-32-21-13-14-22-32/h3-12,15-20,23-25,32,35H,2,13-14,21-22,26-28H2,1H3,(H,38,42)/t35-/m1/s1. The van der Waals surface area contributed by atoms with Gasteiger partial charge in [-0.2, -0.15) is 0 Å². The summed E-state index contributed by atoms with van der Waals surface area (Å²) in [6, 6.07) is 33.8. The number of hydrogen-bond acceptors (Lipinski definition) is 4. The lowest BCUT2D eigenvalue weighted by Gasteiger charge is -2.34. The van der Waals surface area contributed by atoms with Gasteiger partial charge in [-0.05, 0) is 54.2 Å². The van der Waals surface area contributed by atoms with Gasteiger partial charge >= 0.3 is 0 Å². The SMILES string of the molecule is CCc1ccccc1N(CC(=O)N(Cc1ccccc1)[C@H](Cc1ccccc1)C(=O)NC1CCCC1)S(=O)(=O)c1ccccc1. The van der Waals surface area contributed by atoms with Crippen molar-refractivity contribution in [3.8, 4) is 0 Å². The van der Waals surface area contributed by atoms with Crippen LogP contribution in [0.4, 0.5) is 5.69 Å². The number of nitrogens with one attached hydrogen (secondary N) is 1. The molecule has 1 saturated carbocycles. The molecule has 0 radical (unpaired) electrons. The summed E-state index contributed by atoms with van der Waals surface area (Å²) < 4.78 is 29.6. The Morgan fingerprint density at radius 1 is 0.778 bits per heavy atom. The Balaban J connectivity index is 1.57. The maximum Gasteiger partial charge on any atom is 0.264 e. The first-order valence-corrected chi connectivity index (χ1v) is 17.1. The van der Waals surface area contributed by atoms with Gasteiger partial charge in [0, 0.05) is 19.0 Å². The summed E-state index contributed by atoms with van der Waals surface area (Å²) in [4.78, 5) is 30.4. The highest BCUT2D eigenvalue weighted by Crippen LogP contribution is 2.28. The minimum absolute atomic E-state index is 0.0656. The van der Waals surface area contributed by atoms with E-state index in [4.69, 9.17) is 0 Å². The van der Waals surface area contributed by atoms with E-state index in [0.29, 0.717) is 18.5 Å². The number of sulfonamides is 1. The number of aryl methyl sites for hydroxylation is 1. The summed E-state index contributed by atoms with van der Waals surface area (Å²) in [5.74, 6) is -0.673. The fraction of sp³-hybridized carbons (Fsp3) is 0.297. The molecule has 1 aliphatic carbocycles. The molecule has 0 bridgehead atoms. The summed E-state index contributed by atoms with van der Waals surface area (Å²) in [6.07, 6.45) is 4.82. The van der Waals surface area contributed by atoms with Gasteiger partial charge in [0.2, 0.25) is 11.8 Å². The highest BCUT2D eigenvalue weighted by Gasteiger charge is 2.36. The van der Waals surface area contributed by atoms with Crippen LogP contribution in [0, 0.1) is 0 Å². The van der Waals surface area contributed by atoms with Gasteiger partial charge in [-0.25, -0.2) is 8.42 Å². The van der Waals surface area contributed by atoms with Gasteiger partial charge in [0.25, 0.3) is 10.0 Å². The molecule has 0 aromatic heterocycles. The predicted octanol–water partition coefficient (Wildman–Crippen LogP) is 6.14. The fourth-order valence-corrected chi connectivity index (χ4v) is 7.46. The molecule has 0 aliphatic heterocycles. The van der Waals surface area contributed by atoms with Crippen molar-refractivity contribution in [2.24, 2.45) is 0 Å². The van der Waals surface area contributed by atoms with Crippen LogP contribution in [-0.2, 0) is 39.0 Å². The number of nitrogens with zero attached hydrogens (tertiary/aromatic N) is 2. The van der Waals surface area contributed by atoms with Gasteiger partial charge in [0.05, 0.1) is 10.6 Å². The molecular weight excluding hydrogens is 582 g/mol. The Morgan fingerprint density at radius 3 is 1.96 bits per heavy atom. The highest BCUT2D eigenvalue weighted by atomic mass is 32.2. The van der Waals surface area contributed by atoms with E-state index in [1.807, 2.05) is 79.7 Å². The number of amides is 2. The van der Waals surface area contributed by atoms with Crippen LogP contribution in [0.25, 0.3) is 0 Å². The molecular formula is C37H41N3O4S. The number of carbonyl (C=O) groups excluding carboxylic acids is 2. The lowest BCUT2D eigenvalue weighted by atomic mass is 10.0. The number of carbonyl (C=O) groups is 2. The first kappa shape index (κ1) is 32.0. The van der Waals surface area contributed by atoms with Crippen LogP contribution in [0.15, 0.2) is 120 Å². The van der Waals surface area contributed by atoms with Crippen molar-refractivity contribution in [3.63, 3.8) is 0 Å². The minimum atomic E-state index is -4.13. The van der Waals surface area contributed by atoms with Crippen molar-refractivity contribution >= 4 is 27.5 Å². The van der Waals surface area contributed by atoms with E-state index < -0.39 is 28.5 Å². The molecule has 5 rings (SSSR count). The molecule has 234 valence electrons. The molecule has 0 heterocycles. The number of benzene rings is 4. The van der Waals surface area contributed by atoms with Gasteiger partial charge in [-0.15, -0.1) is 0 Å². The van der Waals surface area contributed by atoms with Gasteiger partial charge in [-0.3, -0.25) is 13.9 Å². The Labute approximate surface area is 266 Å². The second-order valence-electron chi connectivity index (χ2n) is 11.5. The van der Waals surface area contributed by atoms with Crippen molar-refractivity contribution in [2.45, 2.75) is 69.0 Å². The van der Waals surface area contributed by atoms with Gasteiger partial charge in [-0.1, -0.05) is 117 Å². The zero-order valence-electron chi connectivity index (χ0n) is 25.7. The summed E-state index contributed by atoms with van der Waals surface area (Å²) in [7, 11) is -4.13. The molecule has 1 N–H and O–H groups in total. The van der Waals surface area contributed by atoms with Crippen LogP contribution >= 0.6 is 0 Å². The molecule has 2 amide bonds. The van der Waals surface area contributed by atoms with Crippen molar-refractivity contribution in [3.05, 3.63) is 132 Å². The molecule has 7 nitrogen and oxygen atoms in total. The molecule has 0 spiro atoms. The monoisotopic (exact) mass is 623 g/mol. The summed E-state index contributed by atoms with van der Waals surface area (Å²) in [5, 5.41) is 3.22. The van der Waals surface area contributed by atoms with E-state index in [2.05, 4.69) is 5.32 Å². The second-order valence-corrected chi connectivity index (χ2v) is 13.4. The van der Waals surface area contributed by atoms with Crippen LogP contribution in [0.2, 0.25) is 0 Å². The molecule has 45 heavy (non-hydrogen) atoms. The van der Waals surface area contributed by atoms with E-state index in [-0.39, 0.29) is 23.4 Å². The molecule has 1 fully saturated rings. The zero-order chi connectivity index (χ0) is 31.6. The van der Waals surface area contributed by atoms with E-state index >= 15 is 0 Å². The Hall–Kier alpha value is -4.43. The molecule has 1 aliphatic rings. The highest BCUT2D eigenvalue weighted by molar-refractivity contribution is 7.92. The number of hydrogen-bond donors (Lipinski definition) is 1. The molecule has 1 atom stereocenters. The molecule has 0 unspecified atom stereocenters. The van der Waals surface area contributed by atoms with E-state index in [1.165, 1.54) is 16.4 Å². The van der Waals surface area contributed by atoms with E-state index in [0.717, 1.165) is 42.4 Å². The first-order chi connectivity index (χ1) is 21.9. The number of para-hydroxylation sites is 1. The lowest BCUT2D eigenvalue weighted by Crippen LogP contribution is -2.54. The van der Waals surface area contributed by atoms with Crippen molar-refractivity contribution in [1.82, 2.24) is 10.2 Å². The van der Waals surface area contributed by atoms with Crippen LogP contribution in [0.5, 0.6) is 0 Å². The lowest BCUT2D eigenvalue weighted by molar-refractivity contribution is -0.140. The zero-order valence-corrected chi connectivity index (χ0v) is 26.5. The summed E-state index contributed by atoms with van der Waals surface area (Å²) in [5.41, 5.74) is 3.02. The number of anilines is 1. The largest absolute Gasteiger partial charge is 0.352 e. The van der Waals surface area contributed by atoms with Gasteiger partial charge < -0.3 is 10.2 Å². The fourth-order valence-electron chi connectivity index (χ4n) is 5.99. The third kappa shape index (κ3) is 8.00. The van der Waals surface area contributed by atoms with E-state index in [1.54, 1.807) is 35.2 Å². The van der Waals surface area contributed by atoms with Crippen LogP contribution in [-0.4, -0.2) is 43.8 Å². The van der Waals surface area contributed by atoms with Crippen molar-refractivity contribution < 1.29 is 18.0 Å². The molecule has 0 saturated heterocycles. The third-order valence-corrected chi connectivity index (χ3v) is 10.2. The topological polar surface area (TPSA) is 86.8 Å². The maximum absolute atomic E-state index is 14.6. The Morgan fingerprint density at radius 2 is 1.33 bits per heavy atom. The first-order valence-electron chi connectivity index (χ1n) is 15.7. The molecule has 4 aromatic rings. The quantitative estimate of drug-likeness (QED) is 0.194. The van der Waals surface area contributed by atoms with Crippen LogP contribution in [0.1, 0.15) is 49.3 Å². The minimum Gasteiger partial charge on any atom is -0.352 e. The van der Waals surface area contributed by atoms with E-state index in [9.17, 15) is 18.0 Å². The molecule has 8 heteroatoms. The summed E-state index contributed by atoms with van der Waals surface area (Å²) in [6.45, 7) is 1.66. The molecule has 4 aromatic carbocycles. The average Bonchev–Trinajstić information content (AvgIpc) is 3.59. The Kier molecular flexibility index (Phi) is 10.7. The normalized spacial score (nSPS) is 14.1. The Bertz CT molecular complexity index is 1660. The predicted molar refractivity (Wildman–Crippen MR) is 178 cm³/mol. The van der Waals surface area contributed by atoms with Crippen LogP contribution < -0.4 is 9.62 Å². The number of rotatable bonds is 13. The van der Waals surface area contributed by atoms with Crippen LogP contribution in [0.3, 0.4) is 0 Å². The van der Waals surface area contributed by atoms with Gasteiger partial charge in [0.15, 0.2) is 0 Å². The summed E-state index contributed by atoms with van der Waals surface area (Å²) >= 11 is 0. The second kappa shape index (κ2) is 15.0. The third-order valence-electron chi connectivity index (χ3n) is 8.42. The average molecular weight is 624 g/mol.